The van der Waals surface area contributed by atoms with Crippen LogP contribution in [-0.2, 0) is 6.54 Å². The van der Waals surface area contributed by atoms with Crippen LogP contribution in [0.1, 0.15) is 23.6 Å². The van der Waals surface area contributed by atoms with Crippen LogP contribution in [0.3, 0.4) is 0 Å². The van der Waals surface area contributed by atoms with Gasteiger partial charge in [-0.25, -0.2) is 4.99 Å². The van der Waals surface area contributed by atoms with E-state index >= 15 is 0 Å². The van der Waals surface area contributed by atoms with Crippen molar-refractivity contribution < 1.29 is 9.66 Å². The molecule has 0 aliphatic carbocycles. The lowest BCUT2D eigenvalue weighted by atomic mass is 10.0. The number of aliphatic imine (C=N–C) groups is 1. The molecular weight excluding hydrogens is 376 g/mol. The Morgan fingerprint density at radius 3 is 2.82 bits per heavy atom. The summed E-state index contributed by atoms with van der Waals surface area (Å²) in [6, 6.07) is 14.7. The minimum Gasteiger partial charge on any atom is -0.493 e. The van der Waals surface area contributed by atoms with Crippen molar-refractivity contribution in [1.29, 1.82) is 0 Å². The van der Waals surface area contributed by atoms with Gasteiger partial charge >= 0.3 is 0 Å². The number of thioether (sulfide) groups is 1. The van der Waals surface area contributed by atoms with Crippen molar-refractivity contribution in [2.45, 2.75) is 19.0 Å². The summed E-state index contributed by atoms with van der Waals surface area (Å²) in [6.07, 6.45) is 2.93. The average Bonchev–Trinajstić information content (AvgIpc) is 2.72. The highest BCUT2D eigenvalue weighted by atomic mass is 32.2. The Bertz CT molecular complexity index is 826. The van der Waals surface area contributed by atoms with E-state index in [4.69, 9.17) is 4.74 Å². The number of hydrogen-bond donors (Lipinski definition) is 2. The molecule has 0 fully saturated rings. The molecule has 2 aromatic carbocycles. The van der Waals surface area contributed by atoms with Gasteiger partial charge in [-0.05, 0) is 17.9 Å². The standard InChI is InChI=1S/C20H24N4O3S/c1-28-13-11-21-20(22-14-15-6-8-16(9-7-15)24(25)26)23-18-10-12-27-19-5-3-2-4-17(18)19/h2-9,18H,10-14H2,1H3,(H2,21,22,23). The van der Waals surface area contributed by atoms with Crippen LogP contribution < -0.4 is 15.4 Å². The van der Waals surface area contributed by atoms with Crippen LogP contribution in [0.2, 0.25) is 0 Å². The van der Waals surface area contributed by atoms with Gasteiger partial charge in [-0.2, -0.15) is 11.8 Å². The van der Waals surface area contributed by atoms with E-state index in [-0.39, 0.29) is 11.7 Å². The highest BCUT2D eigenvalue weighted by molar-refractivity contribution is 7.98. The molecule has 3 rings (SSSR count). The zero-order valence-electron chi connectivity index (χ0n) is 15.8. The molecule has 0 aromatic heterocycles. The summed E-state index contributed by atoms with van der Waals surface area (Å²) in [5.74, 6) is 2.61. The second kappa shape index (κ2) is 9.98. The largest absolute Gasteiger partial charge is 0.493 e. The van der Waals surface area contributed by atoms with E-state index in [1.165, 1.54) is 12.1 Å². The van der Waals surface area contributed by atoms with Gasteiger partial charge in [0.25, 0.3) is 5.69 Å². The van der Waals surface area contributed by atoms with E-state index in [0.29, 0.717) is 13.2 Å². The fourth-order valence-electron chi connectivity index (χ4n) is 2.97. The number of nitro groups is 1. The molecule has 1 atom stereocenters. The zero-order valence-corrected chi connectivity index (χ0v) is 16.6. The first-order valence-corrected chi connectivity index (χ1v) is 10.6. The summed E-state index contributed by atoms with van der Waals surface area (Å²) >= 11 is 1.77. The molecule has 8 heteroatoms. The smallest absolute Gasteiger partial charge is 0.269 e. The van der Waals surface area contributed by atoms with Crippen molar-refractivity contribution in [2.75, 3.05) is 25.2 Å². The Morgan fingerprint density at radius 2 is 2.07 bits per heavy atom. The molecule has 0 radical (unpaired) electrons. The maximum atomic E-state index is 10.8. The van der Waals surface area contributed by atoms with Gasteiger partial charge in [0.1, 0.15) is 5.75 Å². The normalized spacial score (nSPS) is 16.0. The fraction of sp³-hybridized carbons (Fsp3) is 0.350. The van der Waals surface area contributed by atoms with Crippen molar-refractivity contribution >= 4 is 23.4 Å². The van der Waals surface area contributed by atoms with Gasteiger partial charge in [0.05, 0.1) is 24.1 Å². The quantitative estimate of drug-likeness (QED) is 0.243. The van der Waals surface area contributed by atoms with E-state index in [0.717, 1.165) is 41.6 Å². The lowest BCUT2D eigenvalue weighted by Gasteiger charge is -2.28. The van der Waals surface area contributed by atoms with E-state index in [1.54, 1.807) is 23.9 Å². The molecule has 0 amide bonds. The predicted molar refractivity (Wildman–Crippen MR) is 113 cm³/mol. The zero-order chi connectivity index (χ0) is 19.8. The fourth-order valence-corrected chi connectivity index (χ4v) is 3.28. The maximum Gasteiger partial charge on any atom is 0.269 e. The molecule has 0 saturated carbocycles. The minimum atomic E-state index is -0.396. The first-order chi connectivity index (χ1) is 13.7. The third kappa shape index (κ3) is 5.39. The number of benzene rings is 2. The average molecular weight is 401 g/mol. The Labute approximate surface area is 168 Å². The van der Waals surface area contributed by atoms with E-state index in [9.17, 15) is 10.1 Å². The van der Waals surface area contributed by atoms with Gasteiger partial charge in [-0.15, -0.1) is 0 Å². The number of para-hydroxylation sites is 1. The van der Waals surface area contributed by atoms with E-state index in [2.05, 4.69) is 27.9 Å². The topological polar surface area (TPSA) is 88.8 Å². The summed E-state index contributed by atoms with van der Waals surface area (Å²) in [6.45, 7) is 1.91. The van der Waals surface area contributed by atoms with Crippen LogP contribution in [0.25, 0.3) is 0 Å². The van der Waals surface area contributed by atoms with Crippen molar-refractivity contribution in [2.24, 2.45) is 4.99 Å². The second-order valence-electron chi connectivity index (χ2n) is 6.38. The molecule has 1 aliphatic heterocycles. The summed E-state index contributed by atoms with van der Waals surface area (Å²) in [7, 11) is 0. The van der Waals surface area contributed by atoms with Crippen molar-refractivity contribution in [3.63, 3.8) is 0 Å². The number of nitrogens with one attached hydrogen (secondary N) is 2. The molecule has 1 heterocycles. The van der Waals surface area contributed by atoms with Gasteiger partial charge in [0.2, 0.25) is 0 Å². The van der Waals surface area contributed by atoms with Crippen LogP contribution in [0, 0.1) is 10.1 Å². The number of fused-ring (bicyclic) bond motifs is 1. The van der Waals surface area contributed by atoms with Crippen molar-refractivity contribution in [3.8, 4) is 5.75 Å². The molecule has 0 spiro atoms. The summed E-state index contributed by atoms with van der Waals surface area (Å²) in [4.78, 5) is 15.1. The monoisotopic (exact) mass is 400 g/mol. The first-order valence-electron chi connectivity index (χ1n) is 9.16. The van der Waals surface area contributed by atoms with Crippen molar-refractivity contribution in [3.05, 3.63) is 69.8 Å². The molecule has 1 unspecified atom stereocenters. The minimum absolute atomic E-state index is 0.0861. The van der Waals surface area contributed by atoms with Gasteiger partial charge < -0.3 is 15.4 Å². The van der Waals surface area contributed by atoms with E-state index in [1.807, 2.05) is 18.2 Å². The number of rotatable bonds is 7. The number of hydrogen-bond acceptors (Lipinski definition) is 5. The lowest BCUT2D eigenvalue weighted by Crippen LogP contribution is -2.42. The van der Waals surface area contributed by atoms with Crippen LogP contribution in [0.15, 0.2) is 53.5 Å². The highest BCUT2D eigenvalue weighted by Crippen LogP contribution is 2.31. The number of guanidine groups is 1. The Morgan fingerprint density at radius 1 is 1.29 bits per heavy atom. The molecule has 7 nitrogen and oxygen atoms in total. The molecule has 148 valence electrons. The highest BCUT2D eigenvalue weighted by Gasteiger charge is 2.21. The molecule has 1 aliphatic rings. The van der Waals surface area contributed by atoms with Crippen molar-refractivity contribution in [1.82, 2.24) is 10.6 Å². The van der Waals surface area contributed by atoms with Crippen LogP contribution in [0.4, 0.5) is 5.69 Å². The Kier molecular flexibility index (Phi) is 7.13. The van der Waals surface area contributed by atoms with Gasteiger partial charge in [-0.3, -0.25) is 10.1 Å². The Balaban J connectivity index is 1.71. The Hall–Kier alpha value is -2.74. The first kappa shape index (κ1) is 20.0. The SMILES string of the molecule is CSCCNC(=NCc1ccc([N+](=O)[O-])cc1)NC1CCOc2ccccc21. The molecule has 28 heavy (non-hydrogen) atoms. The maximum absolute atomic E-state index is 10.8. The third-order valence-corrected chi connectivity index (χ3v) is 5.05. The van der Waals surface area contributed by atoms with Gasteiger partial charge in [0, 0.05) is 36.4 Å². The number of non-ortho nitro benzene ring substituents is 1. The van der Waals surface area contributed by atoms with Crippen LogP contribution in [0.5, 0.6) is 5.75 Å². The molecule has 2 aromatic rings. The van der Waals surface area contributed by atoms with Gasteiger partial charge in [0.15, 0.2) is 5.96 Å². The van der Waals surface area contributed by atoms with Crippen LogP contribution in [-0.4, -0.2) is 36.0 Å². The van der Waals surface area contributed by atoms with Gasteiger partial charge in [-0.1, -0.05) is 30.3 Å². The third-order valence-electron chi connectivity index (χ3n) is 4.44. The number of nitrogens with zero attached hydrogens (tertiary/aromatic N) is 2. The molecule has 0 bridgehead atoms. The number of ether oxygens (including phenoxy) is 1. The lowest BCUT2D eigenvalue weighted by molar-refractivity contribution is -0.384. The second-order valence-corrected chi connectivity index (χ2v) is 7.37. The predicted octanol–water partition coefficient (Wildman–Crippen LogP) is 3.52. The molecule has 0 saturated heterocycles. The molecule has 2 N–H and O–H groups in total. The van der Waals surface area contributed by atoms with E-state index < -0.39 is 4.92 Å². The summed E-state index contributed by atoms with van der Waals surface area (Å²) in [5, 5.41) is 17.7. The summed E-state index contributed by atoms with van der Waals surface area (Å²) < 4.78 is 5.73. The number of nitro benzene ring substituents is 1. The summed E-state index contributed by atoms with van der Waals surface area (Å²) in [5.41, 5.74) is 2.13. The molecular formula is C20H24N4O3S. The van der Waals surface area contributed by atoms with Crippen LogP contribution >= 0.6 is 11.8 Å².